The van der Waals surface area contributed by atoms with Gasteiger partial charge < -0.3 is 10.5 Å². The quantitative estimate of drug-likeness (QED) is 0.770. The van der Waals surface area contributed by atoms with Gasteiger partial charge in [0.05, 0.1) is 18.3 Å². The molecule has 84 valence electrons. The number of carbonyl (C=O) groups is 1. The molecule has 6 nitrogen and oxygen atoms in total. The predicted molar refractivity (Wildman–Crippen MR) is 54.3 cm³/mol. The summed E-state index contributed by atoms with van der Waals surface area (Å²) < 4.78 is 6.69. The van der Waals surface area contributed by atoms with Crippen LogP contribution in [0, 0.1) is 0 Å². The molecule has 0 saturated carbocycles. The molecule has 1 rings (SSSR count). The summed E-state index contributed by atoms with van der Waals surface area (Å²) in [6.07, 6.45) is 0.901. The highest BCUT2D eigenvalue weighted by Crippen LogP contribution is 2.15. The molecule has 0 aliphatic heterocycles. The van der Waals surface area contributed by atoms with Gasteiger partial charge in [-0.1, -0.05) is 12.1 Å². The van der Waals surface area contributed by atoms with Crippen molar-refractivity contribution >= 4 is 5.91 Å². The second-order valence-electron chi connectivity index (χ2n) is 3.38. The summed E-state index contributed by atoms with van der Waals surface area (Å²) >= 11 is 0. The number of rotatable bonds is 5. The van der Waals surface area contributed by atoms with Crippen LogP contribution in [0.15, 0.2) is 0 Å². The van der Waals surface area contributed by atoms with E-state index in [2.05, 4.69) is 10.3 Å². The molecule has 0 radical (unpaired) electrons. The van der Waals surface area contributed by atoms with E-state index in [1.165, 1.54) is 0 Å². The molecule has 1 aromatic rings. The van der Waals surface area contributed by atoms with Crippen LogP contribution in [0.3, 0.4) is 0 Å². The van der Waals surface area contributed by atoms with E-state index in [1.807, 2.05) is 13.8 Å². The number of methoxy groups -OCH3 is 1. The Morgan fingerprint density at radius 2 is 2.33 bits per heavy atom. The number of carbonyl (C=O) groups excluding carboxylic acids is 1. The first-order valence-corrected chi connectivity index (χ1v) is 4.84. The average Bonchev–Trinajstić information content (AvgIpc) is 2.61. The number of nitrogens with two attached hydrogens (primary N) is 1. The Bertz CT molecular complexity index is 348. The Kier molecular flexibility index (Phi) is 3.79. The van der Waals surface area contributed by atoms with Crippen LogP contribution < -0.4 is 5.73 Å². The Labute approximate surface area is 88.4 Å². The predicted octanol–water partition coefficient (Wildman–Crippen LogP) is 0.494. The SMILES string of the molecule is CCC(C)n1nnc(C(N)=O)c1COC. The summed E-state index contributed by atoms with van der Waals surface area (Å²) in [6.45, 7) is 4.32. The maximum atomic E-state index is 11.1. The minimum absolute atomic E-state index is 0.177. The Morgan fingerprint density at radius 1 is 1.67 bits per heavy atom. The van der Waals surface area contributed by atoms with Crippen molar-refractivity contribution < 1.29 is 9.53 Å². The number of ether oxygens (including phenoxy) is 1. The van der Waals surface area contributed by atoms with E-state index in [0.717, 1.165) is 6.42 Å². The number of nitrogens with zero attached hydrogens (tertiary/aromatic N) is 3. The fourth-order valence-electron chi connectivity index (χ4n) is 1.30. The number of amides is 1. The van der Waals surface area contributed by atoms with Gasteiger partial charge in [0.15, 0.2) is 5.69 Å². The summed E-state index contributed by atoms with van der Waals surface area (Å²) in [5.74, 6) is -0.573. The molecule has 0 aliphatic carbocycles. The monoisotopic (exact) mass is 212 g/mol. The number of aromatic nitrogens is 3. The molecule has 0 fully saturated rings. The molecule has 6 heteroatoms. The van der Waals surface area contributed by atoms with Crippen LogP contribution in [0.1, 0.15) is 42.5 Å². The third-order valence-electron chi connectivity index (χ3n) is 2.31. The number of hydrogen-bond acceptors (Lipinski definition) is 4. The molecule has 15 heavy (non-hydrogen) atoms. The van der Waals surface area contributed by atoms with Crippen LogP contribution in [-0.4, -0.2) is 28.0 Å². The first-order chi connectivity index (χ1) is 7.11. The Morgan fingerprint density at radius 3 is 2.80 bits per heavy atom. The van der Waals surface area contributed by atoms with E-state index in [1.54, 1.807) is 11.8 Å². The first-order valence-electron chi connectivity index (χ1n) is 4.84. The molecule has 0 aromatic carbocycles. The smallest absolute Gasteiger partial charge is 0.271 e. The lowest BCUT2D eigenvalue weighted by Gasteiger charge is -2.12. The fraction of sp³-hybridized carbons (Fsp3) is 0.667. The second kappa shape index (κ2) is 4.88. The van der Waals surface area contributed by atoms with Crippen molar-refractivity contribution in [3.05, 3.63) is 11.4 Å². The molecule has 1 unspecified atom stereocenters. The van der Waals surface area contributed by atoms with Gasteiger partial charge in [-0.2, -0.15) is 0 Å². The highest BCUT2D eigenvalue weighted by Gasteiger charge is 2.19. The van der Waals surface area contributed by atoms with Crippen molar-refractivity contribution in [2.75, 3.05) is 7.11 Å². The summed E-state index contributed by atoms with van der Waals surface area (Å²) in [4.78, 5) is 11.1. The van der Waals surface area contributed by atoms with E-state index in [-0.39, 0.29) is 18.3 Å². The normalized spacial score (nSPS) is 12.7. The van der Waals surface area contributed by atoms with Crippen molar-refractivity contribution in [1.29, 1.82) is 0 Å². The van der Waals surface area contributed by atoms with Crippen molar-refractivity contribution in [3.63, 3.8) is 0 Å². The average molecular weight is 212 g/mol. The van der Waals surface area contributed by atoms with Gasteiger partial charge in [-0.15, -0.1) is 5.10 Å². The van der Waals surface area contributed by atoms with Crippen molar-refractivity contribution in [2.45, 2.75) is 32.9 Å². The van der Waals surface area contributed by atoms with Crippen molar-refractivity contribution in [3.8, 4) is 0 Å². The Hall–Kier alpha value is -1.43. The van der Waals surface area contributed by atoms with E-state index >= 15 is 0 Å². The van der Waals surface area contributed by atoms with Crippen molar-refractivity contribution in [2.24, 2.45) is 5.73 Å². The lowest BCUT2D eigenvalue weighted by Crippen LogP contribution is -2.17. The van der Waals surface area contributed by atoms with E-state index in [9.17, 15) is 4.79 Å². The molecule has 2 N–H and O–H groups in total. The summed E-state index contributed by atoms with van der Waals surface area (Å²) in [7, 11) is 1.55. The standard InChI is InChI=1S/C9H16N4O2/c1-4-6(2)13-7(5-15-3)8(9(10)14)11-12-13/h6H,4-5H2,1-3H3,(H2,10,14). The van der Waals surface area contributed by atoms with Crippen LogP contribution in [0.4, 0.5) is 0 Å². The zero-order valence-electron chi connectivity index (χ0n) is 9.23. The first kappa shape index (κ1) is 11.6. The minimum Gasteiger partial charge on any atom is -0.378 e. The van der Waals surface area contributed by atoms with Gasteiger partial charge in [-0.25, -0.2) is 4.68 Å². The van der Waals surface area contributed by atoms with Gasteiger partial charge in [0.2, 0.25) is 0 Å². The highest BCUT2D eigenvalue weighted by molar-refractivity contribution is 5.91. The van der Waals surface area contributed by atoms with Crippen molar-refractivity contribution in [1.82, 2.24) is 15.0 Å². The van der Waals surface area contributed by atoms with Gasteiger partial charge in [0.25, 0.3) is 5.91 Å². The molecule has 0 spiro atoms. The summed E-state index contributed by atoms with van der Waals surface area (Å²) in [5, 5.41) is 7.67. The van der Waals surface area contributed by atoms with Crippen LogP contribution in [0.25, 0.3) is 0 Å². The van der Waals surface area contributed by atoms with Gasteiger partial charge in [-0.3, -0.25) is 4.79 Å². The largest absolute Gasteiger partial charge is 0.378 e. The number of hydrogen-bond donors (Lipinski definition) is 1. The van der Waals surface area contributed by atoms with Gasteiger partial charge in [0, 0.05) is 7.11 Å². The molecule has 1 atom stereocenters. The Balaban J connectivity index is 3.11. The van der Waals surface area contributed by atoms with Gasteiger partial charge in [-0.05, 0) is 13.3 Å². The lowest BCUT2D eigenvalue weighted by atomic mass is 10.2. The zero-order chi connectivity index (χ0) is 11.4. The number of primary amides is 1. The maximum Gasteiger partial charge on any atom is 0.271 e. The molecular weight excluding hydrogens is 196 g/mol. The fourth-order valence-corrected chi connectivity index (χ4v) is 1.30. The molecule has 0 aliphatic rings. The molecule has 1 aromatic heterocycles. The maximum absolute atomic E-state index is 11.1. The van der Waals surface area contributed by atoms with Crippen LogP contribution in [-0.2, 0) is 11.3 Å². The molecular formula is C9H16N4O2. The van der Waals surface area contributed by atoms with Gasteiger partial charge >= 0.3 is 0 Å². The third kappa shape index (κ3) is 2.33. The molecule has 0 bridgehead atoms. The summed E-state index contributed by atoms with van der Waals surface area (Å²) in [5.41, 5.74) is 6.02. The van der Waals surface area contributed by atoms with Crippen LogP contribution in [0.5, 0.6) is 0 Å². The minimum atomic E-state index is -0.573. The topological polar surface area (TPSA) is 83.0 Å². The second-order valence-corrected chi connectivity index (χ2v) is 3.38. The summed E-state index contributed by atoms with van der Waals surface area (Å²) in [6, 6.07) is 0.177. The van der Waals surface area contributed by atoms with Crippen LogP contribution >= 0.6 is 0 Å². The van der Waals surface area contributed by atoms with E-state index in [0.29, 0.717) is 5.69 Å². The third-order valence-corrected chi connectivity index (χ3v) is 2.31. The van der Waals surface area contributed by atoms with E-state index in [4.69, 9.17) is 10.5 Å². The van der Waals surface area contributed by atoms with Gasteiger partial charge in [0.1, 0.15) is 0 Å². The molecule has 0 saturated heterocycles. The zero-order valence-corrected chi connectivity index (χ0v) is 9.23. The molecule has 1 heterocycles. The van der Waals surface area contributed by atoms with E-state index < -0.39 is 5.91 Å². The lowest BCUT2D eigenvalue weighted by molar-refractivity contribution is 0.0989. The molecule has 1 amide bonds. The van der Waals surface area contributed by atoms with Crippen LogP contribution in [0.2, 0.25) is 0 Å². The highest BCUT2D eigenvalue weighted by atomic mass is 16.5.